The van der Waals surface area contributed by atoms with Gasteiger partial charge in [-0.25, -0.2) is 0 Å². The van der Waals surface area contributed by atoms with Crippen molar-refractivity contribution in [2.24, 2.45) is 0 Å². The normalized spacial score (nSPS) is 15.7. The van der Waals surface area contributed by atoms with E-state index in [4.69, 9.17) is 4.52 Å². The van der Waals surface area contributed by atoms with Crippen LogP contribution in [0.25, 0.3) is 0 Å². The average molecular weight is 183 g/mol. The number of hydrogen-bond acceptors (Lipinski definition) is 4. The van der Waals surface area contributed by atoms with E-state index in [9.17, 15) is 0 Å². The van der Waals surface area contributed by atoms with E-state index in [1.54, 1.807) is 0 Å². The predicted molar refractivity (Wildman–Crippen MR) is 50.6 cm³/mol. The summed E-state index contributed by atoms with van der Waals surface area (Å²) in [6.45, 7) is 6.08. The summed E-state index contributed by atoms with van der Waals surface area (Å²) in [7, 11) is 1.94. The van der Waals surface area contributed by atoms with Crippen LogP contribution in [0.15, 0.2) is 4.52 Å². The topological polar surface area (TPSA) is 51.0 Å². The fourth-order valence-electron chi connectivity index (χ4n) is 1.41. The summed E-state index contributed by atoms with van der Waals surface area (Å²) in [6.07, 6.45) is 1.00. The molecule has 2 atom stereocenters. The molecule has 0 saturated heterocycles. The Balaban J connectivity index is 2.77. The van der Waals surface area contributed by atoms with Gasteiger partial charge in [0.25, 0.3) is 0 Å². The number of likely N-dealkylation sites (N-methyl/N-ethyl adjacent to an activating group) is 1. The first-order chi connectivity index (χ1) is 6.19. The van der Waals surface area contributed by atoms with Crippen LogP contribution >= 0.6 is 0 Å². The molecular weight excluding hydrogens is 166 g/mol. The molecule has 0 amide bonds. The lowest BCUT2D eigenvalue weighted by atomic mass is 9.98. The van der Waals surface area contributed by atoms with E-state index in [1.165, 1.54) is 0 Å². The summed E-state index contributed by atoms with van der Waals surface area (Å²) in [5, 5.41) is 6.98. The highest BCUT2D eigenvalue weighted by atomic mass is 16.5. The van der Waals surface area contributed by atoms with Gasteiger partial charge in [-0.1, -0.05) is 12.1 Å². The Morgan fingerprint density at radius 2 is 2.23 bits per heavy atom. The molecule has 0 aliphatic rings. The molecule has 2 unspecified atom stereocenters. The zero-order chi connectivity index (χ0) is 9.84. The molecule has 0 aliphatic heterocycles. The van der Waals surface area contributed by atoms with E-state index >= 15 is 0 Å². The molecule has 74 valence electrons. The third kappa shape index (κ3) is 2.28. The van der Waals surface area contributed by atoms with Crippen molar-refractivity contribution < 1.29 is 4.52 Å². The van der Waals surface area contributed by atoms with E-state index in [1.807, 2.05) is 14.0 Å². The summed E-state index contributed by atoms with van der Waals surface area (Å²) in [6, 6.07) is 0.366. The molecule has 1 aromatic rings. The Hall–Kier alpha value is -0.900. The summed E-state index contributed by atoms with van der Waals surface area (Å²) < 4.78 is 5.14. The van der Waals surface area contributed by atoms with Crippen molar-refractivity contribution in [1.29, 1.82) is 0 Å². The Labute approximate surface area is 78.7 Å². The maximum atomic E-state index is 5.14. The van der Waals surface area contributed by atoms with Crippen molar-refractivity contribution in [1.82, 2.24) is 15.5 Å². The second-order valence-electron chi connectivity index (χ2n) is 3.27. The molecule has 1 aromatic heterocycles. The van der Waals surface area contributed by atoms with Crippen LogP contribution in [0.1, 0.15) is 37.9 Å². The fourth-order valence-corrected chi connectivity index (χ4v) is 1.41. The maximum absolute atomic E-state index is 5.14. The number of nitrogens with zero attached hydrogens (tertiary/aromatic N) is 2. The van der Waals surface area contributed by atoms with Gasteiger partial charge in [0.1, 0.15) is 0 Å². The quantitative estimate of drug-likeness (QED) is 0.768. The average Bonchev–Trinajstić information content (AvgIpc) is 2.53. The molecule has 0 fully saturated rings. The van der Waals surface area contributed by atoms with Gasteiger partial charge >= 0.3 is 0 Å². The van der Waals surface area contributed by atoms with Gasteiger partial charge < -0.3 is 9.84 Å². The molecule has 0 bridgehead atoms. The Kier molecular flexibility index (Phi) is 3.42. The second kappa shape index (κ2) is 4.37. The van der Waals surface area contributed by atoms with E-state index in [-0.39, 0.29) is 0 Å². The second-order valence-corrected chi connectivity index (χ2v) is 3.27. The van der Waals surface area contributed by atoms with Crippen LogP contribution in [0.2, 0.25) is 0 Å². The molecule has 1 heterocycles. The van der Waals surface area contributed by atoms with Crippen molar-refractivity contribution in [3.05, 3.63) is 11.7 Å². The number of aryl methyl sites for hydroxylation is 1. The van der Waals surface area contributed by atoms with E-state index in [2.05, 4.69) is 29.3 Å². The van der Waals surface area contributed by atoms with Crippen LogP contribution < -0.4 is 5.32 Å². The third-order valence-electron chi connectivity index (χ3n) is 2.36. The lowest BCUT2D eigenvalue weighted by Crippen LogP contribution is -2.28. The minimum atomic E-state index is 0.311. The molecular formula is C9H17N3O. The summed E-state index contributed by atoms with van der Waals surface area (Å²) >= 11 is 0. The van der Waals surface area contributed by atoms with Crippen molar-refractivity contribution in [3.63, 3.8) is 0 Å². The number of nitrogens with one attached hydrogen (secondary N) is 1. The van der Waals surface area contributed by atoms with Gasteiger partial charge in [-0.05, 0) is 27.3 Å². The smallest absolute Gasteiger partial charge is 0.231 e. The summed E-state index contributed by atoms with van der Waals surface area (Å²) in [4.78, 5) is 4.23. The molecule has 0 saturated carbocycles. The Morgan fingerprint density at radius 1 is 1.54 bits per heavy atom. The summed E-state index contributed by atoms with van der Waals surface area (Å²) in [5.74, 6) is 1.75. The largest absolute Gasteiger partial charge is 0.339 e. The first kappa shape index (κ1) is 10.2. The van der Waals surface area contributed by atoms with Crippen LogP contribution in [0, 0.1) is 6.92 Å². The maximum Gasteiger partial charge on any atom is 0.231 e. The number of hydrogen-bond donors (Lipinski definition) is 1. The third-order valence-corrected chi connectivity index (χ3v) is 2.36. The Morgan fingerprint density at radius 3 is 2.62 bits per heavy atom. The van der Waals surface area contributed by atoms with Crippen LogP contribution in [-0.4, -0.2) is 23.2 Å². The minimum absolute atomic E-state index is 0.311. The molecule has 13 heavy (non-hydrogen) atoms. The van der Waals surface area contributed by atoms with Gasteiger partial charge in [0.2, 0.25) is 5.89 Å². The monoisotopic (exact) mass is 183 g/mol. The lowest BCUT2D eigenvalue weighted by molar-refractivity contribution is 0.320. The van der Waals surface area contributed by atoms with Crippen molar-refractivity contribution in [2.75, 3.05) is 7.05 Å². The molecule has 1 N–H and O–H groups in total. The predicted octanol–water partition coefficient (Wildman–Crippen LogP) is 1.48. The van der Waals surface area contributed by atoms with Gasteiger partial charge in [0, 0.05) is 6.04 Å². The van der Waals surface area contributed by atoms with E-state index in [0.29, 0.717) is 17.8 Å². The highest BCUT2D eigenvalue weighted by Crippen LogP contribution is 2.21. The van der Waals surface area contributed by atoms with Crippen LogP contribution in [-0.2, 0) is 0 Å². The summed E-state index contributed by atoms with van der Waals surface area (Å²) in [5.41, 5.74) is 0. The molecule has 0 aliphatic carbocycles. The zero-order valence-corrected chi connectivity index (χ0v) is 8.66. The molecule has 0 radical (unpaired) electrons. The van der Waals surface area contributed by atoms with Crippen molar-refractivity contribution in [2.45, 2.75) is 39.2 Å². The van der Waals surface area contributed by atoms with Crippen molar-refractivity contribution >= 4 is 0 Å². The van der Waals surface area contributed by atoms with E-state index < -0.39 is 0 Å². The Bertz CT molecular complexity index is 259. The van der Waals surface area contributed by atoms with Gasteiger partial charge in [0.15, 0.2) is 5.82 Å². The number of aromatic nitrogens is 2. The zero-order valence-electron chi connectivity index (χ0n) is 8.66. The van der Waals surface area contributed by atoms with Gasteiger partial charge in [-0.15, -0.1) is 0 Å². The van der Waals surface area contributed by atoms with Crippen LogP contribution in [0.4, 0.5) is 0 Å². The standard InChI is InChI=1S/C9H17N3O/c1-5-8(6(2)10-4)9-11-7(3)12-13-9/h6,8,10H,5H2,1-4H3. The highest BCUT2D eigenvalue weighted by Gasteiger charge is 2.21. The van der Waals surface area contributed by atoms with Crippen LogP contribution in [0.3, 0.4) is 0 Å². The van der Waals surface area contributed by atoms with Gasteiger partial charge in [-0.2, -0.15) is 4.98 Å². The molecule has 0 aromatic carbocycles. The minimum Gasteiger partial charge on any atom is -0.339 e. The van der Waals surface area contributed by atoms with E-state index in [0.717, 1.165) is 12.3 Å². The van der Waals surface area contributed by atoms with Gasteiger partial charge in [-0.3, -0.25) is 0 Å². The fraction of sp³-hybridized carbons (Fsp3) is 0.778. The van der Waals surface area contributed by atoms with Crippen LogP contribution in [0.5, 0.6) is 0 Å². The van der Waals surface area contributed by atoms with Crippen molar-refractivity contribution in [3.8, 4) is 0 Å². The molecule has 4 nitrogen and oxygen atoms in total. The SMILES string of the molecule is CCC(c1nc(C)no1)C(C)NC. The molecule has 4 heteroatoms. The highest BCUT2D eigenvalue weighted by molar-refractivity contribution is 4.96. The lowest BCUT2D eigenvalue weighted by Gasteiger charge is -2.17. The first-order valence-corrected chi connectivity index (χ1v) is 4.66. The molecule has 1 rings (SSSR count). The number of rotatable bonds is 4. The first-order valence-electron chi connectivity index (χ1n) is 4.66. The molecule has 0 spiro atoms. The van der Waals surface area contributed by atoms with Gasteiger partial charge in [0.05, 0.1) is 5.92 Å².